The quantitative estimate of drug-likeness (QED) is 0.539. The van der Waals surface area contributed by atoms with Crippen LogP contribution in [0.5, 0.6) is 5.75 Å². The van der Waals surface area contributed by atoms with E-state index in [0.29, 0.717) is 0 Å². The van der Waals surface area contributed by atoms with Crippen LogP contribution in [-0.4, -0.2) is 10.0 Å². The first kappa shape index (κ1) is 8.45. The Morgan fingerprint density at radius 3 is 2.83 bits per heavy atom. The normalized spacial score (nSPS) is 9.75. The number of phenolic OH excluding ortho intramolecular Hbond substituents is 1. The summed E-state index contributed by atoms with van der Waals surface area (Å²) in [7, 11) is 0. The number of para-hydroxylation sites is 1. The van der Waals surface area contributed by atoms with Gasteiger partial charge < -0.3 is 5.11 Å². The number of halogens is 1. The van der Waals surface area contributed by atoms with E-state index in [1.807, 2.05) is 0 Å². The summed E-state index contributed by atoms with van der Waals surface area (Å²) < 4.78 is 12.6. The lowest BCUT2D eigenvalue weighted by molar-refractivity contribution is -0.497. The van der Waals surface area contributed by atoms with E-state index < -0.39 is 23.0 Å². The molecule has 0 aliphatic heterocycles. The second-order valence-electron chi connectivity index (χ2n) is 2.24. The highest BCUT2D eigenvalue weighted by molar-refractivity contribution is 5.32. The third-order valence-electron chi connectivity index (χ3n) is 1.37. The summed E-state index contributed by atoms with van der Waals surface area (Å²) in [5.41, 5.74) is -0.0139. The van der Waals surface area contributed by atoms with Gasteiger partial charge in [0.25, 0.3) is 0 Å². The number of nitrogens with zero attached hydrogens (tertiary/aromatic N) is 1. The molecule has 0 aromatic heterocycles. The smallest absolute Gasteiger partial charge is 0.232 e. The zero-order valence-electron chi connectivity index (χ0n) is 6.03. The Morgan fingerprint density at radius 1 is 1.58 bits per heavy atom. The summed E-state index contributed by atoms with van der Waals surface area (Å²) in [6.45, 7) is -0.566. The van der Waals surface area contributed by atoms with E-state index in [9.17, 15) is 14.5 Å². The molecule has 12 heavy (non-hydrogen) atoms. The van der Waals surface area contributed by atoms with Crippen LogP contribution in [0.3, 0.4) is 0 Å². The minimum atomic E-state index is -0.839. The third-order valence-corrected chi connectivity index (χ3v) is 1.37. The Labute approximate surface area is 67.4 Å². The fourth-order valence-electron chi connectivity index (χ4n) is 0.827. The largest absolute Gasteiger partial charge is 0.504 e. The van der Waals surface area contributed by atoms with Crippen molar-refractivity contribution < 1.29 is 14.4 Å². The number of phenols is 1. The Balaban J connectivity index is 3.00. The van der Waals surface area contributed by atoms with Gasteiger partial charge in [-0.15, -0.1) is 0 Å². The van der Waals surface area contributed by atoms with E-state index in [1.54, 1.807) is 0 Å². The lowest BCUT2D eigenvalue weighted by Gasteiger charge is -1.99. The number of aromatic hydroxyl groups is 1. The first-order valence-corrected chi connectivity index (χ1v) is 3.19. The van der Waals surface area contributed by atoms with Crippen molar-refractivity contribution in [2.75, 3.05) is 0 Å². The molecule has 0 saturated carbocycles. The molecule has 0 spiro atoms. The van der Waals surface area contributed by atoms with Crippen LogP contribution in [0.15, 0.2) is 18.2 Å². The summed E-state index contributed by atoms with van der Waals surface area (Å²) in [4.78, 5) is 9.37. The third kappa shape index (κ3) is 1.69. The van der Waals surface area contributed by atoms with E-state index in [4.69, 9.17) is 5.11 Å². The topological polar surface area (TPSA) is 63.4 Å². The number of hydrogen-bond donors (Lipinski definition) is 1. The lowest BCUT2D eigenvalue weighted by Crippen LogP contribution is -1.98. The molecule has 0 amide bonds. The van der Waals surface area contributed by atoms with Gasteiger partial charge in [0.1, 0.15) is 0 Å². The maximum Gasteiger partial charge on any atom is 0.232 e. The minimum absolute atomic E-state index is 0.0139. The SMILES string of the molecule is O=[N+]([O-])Cc1cccc(F)c1O. The van der Waals surface area contributed by atoms with E-state index in [1.165, 1.54) is 12.1 Å². The molecule has 0 saturated heterocycles. The molecule has 0 aliphatic carbocycles. The van der Waals surface area contributed by atoms with Gasteiger partial charge in [-0.2, -0.15) is 0 Å². The molecule has 64 valence electrons. The maximum absolute atomic E-state index is 12.6. The first-order chi connectivity index (χ1) is 5.61. The van der Waals surface area contributed by atoms with Gasteiger partial charge >= 0.3 is 0 Å². The van der Waals surface area contributed by atoms with Gasteiger partial charge in [-0.1, -0.05) is 6.07 Å². The Morgan fingerprint density at radius 2 is 2.25 bits per heavy atom. The predicted molar refractivity (Wildman–Crippen MR) is 38.8 cm³/mol. The molecule has 0 aliphatic rings. The van der Waals surface area contributed by atoms with Crippen molar-refractivity contribution in [1.29, 1.82) is 0 Å². The predicted octanol–water partition coefficient (Wildman–Crippen LogP) is 1.31. The van der Waals surface area contributed by atoms with Gasteiger partial charge in [-0.3, -0.25) is 10.1 Å². The molecule has 0 bridgehead atoms. The number of rotatable bonds is 2. The van der Waals surface area contributed by atoms with Crippen LogP contribution in [0, 0.1) is 15.9 Å². The standard InChI is InChI=1S/C7H6FNO3/c8-6-3-1-2-5(7(6)10)4-9(11)12/h1-3,10H,4H2. The molecule has 1 N–H and O–H groups in total. The van der Waals surface area contributed by atoms with Gasteiger partial charge in [0.2, 0.25) is 6.54 Å². The highest BCUT2D eigenvalue weighted by Crippen LogP contribution is 2.20. The highest BCUT2D eigenvalue weighted by atomic mass is 19.1. The van der Waals surface area contributed by atoms with Crippen LogP contribution in [0.1, 0.15) is 5.56 Å². The Hall–Kier alpha value is -1.65. The van der Waals surface area contributed by atoms with Gasteiger partial charge in [0.05, 0.1) is 5.56 Å². The molecule has 0 heterocycles. The van der Waals surface area contributed by atoms with E-state index >= 15 is 0 Å². The zero-order chi connectivity index (χ0) is 9.14. The zero-order valence-corrected chi connectivity index (χ0v) is 6.03. The average Bonchev–Trinajstić information content (AvgIpc) is 1.98. The van der Waals surface area contributed by atoms with Crippen molar-refractivity contribution in [2.45, 2.75) is 6.54 Å². The van der Waals surface area contributed by atoms with Crippen molar-refractivity contribution >= 4 is 0 Å². The van der Waals surface area contributed by atoms with Crippen molar-refractivity contribution in [3.63, 3.8) is 0 Å². The molecule has 4 nitrogen and oxygen atoms in total. The van der Waals surface area contributed by atoms with Crippen LogP contribution < -0.4 is 0 Å². The van der Waals surface area contributed by atoms with Crippen LogP contribution in [0.25, 0.3) is 0 Å². The second kappa shape index (κ2) is 3.17. The highest BCUT2D eigenvalue weighted by Gasteiger charge is 2.10. The second-order valence-corrected chi connectivity index (χ2v) is 2.24. The average molecular weight is 171 g/mol. The van der Waals surface area contributed by atoms with Crippen LogP contribution >= 0.6 is 0 Å². The Kier molecular flexibility index (Phi) is 2.23. The van der Waals surface area contributed by atoms with E-state index in [0.717, 1.165) is 6.07 Å². The Bertz CT molecular complexity index is 314. The van der Waals surface area contributed by atoms with Crippen molar-refractivity contribution in [3.8, 4) is 5.75 Å². The summed E-state index contributed by atoms with van der Waals surface area (Å²) in [6.07, 6.45) is 0. The molecular weight excluding hydrogens is 165 g/mol. The molecule has 1 aromatic rings. The van der Waals surface area contributed by atoms with Crippen molar-refractivity contribution in [1.82, 2.24) is 0 Å². The fraction of sp³-hybridized carbons (Fsp3) is 0.143. The summed E-state index contributed by atoms with van der Waals surface area (Å²) in [6, 6.07) is 3.66. The number of nitro groups is 1. The van der Waals surface area contributed by atoms with Crippen LogP contribution in [-0.2, 0) is 6.54 Å². The summed E-state index contributed by atoms with van der Waals surface area (Å²) in [5, 5.41) is 19.0. The molecule has 1 rings (SSSR count). The van der Waals surface area contributed by atoms with Gasteiger partial charge in [-0.05, 0) is 12.1 Å². The van der Waals surface area contributed by atoms with Crippen LogP contribution in [0.2, 0.25) is 0 Å². The molecular formula is C7H6FNO3. The molecule has 0 fully saturated rings. The number of hydrogen-bond acceptors (Lipinski definition) is 3. The summed E-state index contributed by atoms with van der Waals surface area (Å²) >= 11 is 0. The minimum Gasteiger partial charge on any atom is -0.504 e. The maximum atomic E-state index is 12.6. The molecule has 5 heteroatoms. The van der Waals surface area contributed by atoms with Gasteiger partial charge in [0.15, 0.2) is 11.6 Å². The van der Waals surface area contributed by atoms with E-state index in [-0.39, 0.29) is 5.56 Å². The molecule has 0 unspecified atom stereocenters. The lowest BCUT2D eigenvalue weighted by atomic mass is 10.2. The van der Waals surface area contributed by atoms with Crippen molar-refractivity contribution in [2.24, 2.45) is 0 Å². The summed E-state index contributed by atoms with van der Waals surface area (Å²) in [5.74, 6) is -1.48. The fourth-order valence-corrected chi connectivity index (χ4v) is 0.827. The first-order valence-electron chi connectivity index (χ1n) is 3.19. The van der Waals surface area contributed by atoms with E-state index in [2.05, 4.69) is 0 Å². The van der Waals surface area contributed by atoms with Crippen LogP contribution in [0.4, 0.5) is 4.39 Å². The van der Waals surface area contributed by atoms with Gasteiger partial charge in [0, 0.05) is 4.92 Å². The van der Waals surface area contributed by atoms with Gasteiger partial charge in [-0.25, -0.2) is 4.39 Å². The molecule has 1 aromatic carbocycles. The van der Waals surface area contributed by atoms with Crippen molar-refractivity contribution in [3.05, 3.63) is 39.7 Å². The molecule has 0 atom stereocenters. The number of benzene rings is 1. The molecule has 0 radical (unpaired) electrons. The monoisotopic (exact) mass is 171 g/mol.